The second-order valence-electron chi connectivity index (χ2n) is 1.40. The zero-order chi connectivity index (χ0) is 7.49. The van der Waals surface area contributed by atoms with Crippen LogP contribution in [0.1, 0.15) is 6.42 Å². The summed E-state index contributed by atoms with van der Waals surface area (Å²) >= 11 is 15.1. The van der Waals surface area contributed by atoms with Gasteiger partial charge in [-0.25, -0.2) is 0 Å². The first kappa shape index (κ1) is 9.77. The first-order chi connectivity index (χ1) is 3.92. The molecule has 0 saturated carbocycles. The monoisotopic (exact) mass is 208 g/mol. The summed E-state index contributed by atoms with van der Waals surface area (Å²) in [5.41, 5.74) is 0. The average molecular weight is 209 g/mol. The molecule has 0 aliphatic rings. The number of carbonyl (C=O) groups is 1. The standard InChI is InChI=1S/C3H4Cl3O2P/c4-3(7)1-2-9(5,6)8/h1-2H2. The fourth-order valence-corrected chi connectivity index (χ4v) is 1.41. The van der Waals surface area contributed by atoms with Crippen LogP contribution >= 0.6 is 39.9 Å². The second-order valence-corrected chi connectivity index (χ2v) is 7.20. The molecule has 0 bridgehead atoms. The minimum atomic E-state index is -3.08. The first-order valence-corrected chi connectivity index (χ1v) is 6.16. The smallest absolute Gasteiger partial charge is 0.253 e. The molecule has 6 heteroatoms. The summed E-state index contributed by atoms with van der Waals surface area (Å²) in [6.07, 6.45) is -0.0791. The lowest BCUT2D eigenvalue weighted by atomic mass is 10.6. The van der Waals surface area contributed by atoms with Crippen molar-refractivity contribution in [2.45, 2.75) is 6.42 Å². The van der Waals surface area contributed by atoms with Crippen LogP contribution in [-0.4, -0.2) is 11.4 Å². The van der Waals surface area contributed by atoms with Crippen molar-refractivity contribution in [1.29, 1.82) is 0 Å². The maximum Gasteiger partial charge on any atom is 0.253 e. The van der Waals surface area contributed by atoms with Gasteiger partial charge < -0.3 is 0 Å². The van der Waals surface area contributed by atoms with Crippen LogP contribution in [0.25, 0.3) is 0 Å². The van der Waals surface area contributed by atoms with Gasteiger partial charge in [0.1, 0.15) is 0 Å². The summed E-state index contributed by atoms with van der Waals surface area (Å²) in [5.74, 6) is -3.08. The molecule has 0 aromatic rings. The number of carbonyl (C=O) groups excluding carboxylic acids is 1. The van der Waals surface area contributed by atoms with E-state index in [1.165, 1.54) is 0 Å². The topological polar surface area (TPSA) is 34.1 Å². The molecule has 0 aromatic heterocycles. The highest BCUT2D eigenvalue weighted by Crippen LogP contribution is 2.56. The van der Waals surface area contributed by atoms with Gasteiger partial charge in [0, 0.05) is 12.6 Å². The lowest BCUT2D eigenvalue weighted by molar-refractivity contribution is -0.111. The molecule has 0 atom stereocenters. The van der Waals surface area contributed by atoms with Crippen LogP contribution in [0.2, 0.25) is 0 Å². The largest absolute Gasteiger partial charge is 0.289 e. The van der Waals surface area contributed by atoms with Crippen molar-refractivity contribution in [3.05, 3.63) is 0 Å². The molecule has 0 fully saturated rings. The van der Waals surface area contributed by atoms with Crippen molar-refractivity contribution in [2.24, 2.45) is 0 Å². The van der Waals surface area contributed by atoms with Gasteiger partial charge in [0.05, 0.1) is 0 Å². The number of hydrogen-bond acceptors (Lipinski definition) is 2. The van der Waals surface area contributed by atoms with Gasteiger partial charge in [-0.3, -0.25) is 9.36 Å². The van der Waals surface area contributed by atoms with Crippen molar-refractivity contribution >= 4 is 45.2 Å². The second kappa shape index (κ2) is 3.82. The Balaban J connectivity index is 3.53. The molecule has 0 amide bonds. The Hall–Kier alpha value is 0.770. The van der Waals surface area contributed by atoms with Crippen LogP contribution in [-0.2, 0) is 9.36 Å². The van der Waals surface area contributed by atoms with E-state index < -0.39 is 11.1 Å². The maximum atomic E-state index is 10.4. The quantitative estimate of drug-likeness (QED) is 0.529. The molecule has 0 rings (SSSR count). The molecule has 0 aromatic carbocycles. The number of hydrogen-bond donors (Lipinski definition) is 0. The SMILES string of the molecule is O=C(Cl)CCP(=O)(Cl)Cl. The van der Waals surface area contributed by atoms with Crippen LogP contribution in [0.3, 0.4) is 0 Å². The fourth-order valence-electron chi connectivity index (χ4n) is 0.218. The van der Waals surface area contributed by atoms with Gasteiger partial charge >= 0.3 is 0 Å². The Morgan fingerprint density at radius 3 is 2.00 bits per heavy atom. The van der Waals surface area contributed by atoms with Gasteiger partial charge in [0.25, 0.3) is 5.85 Å². The van der Waals surface area contributed by atoms with Crippen molar-refractivity contribution in [2.75, 3.05) is 6.16 Å². The minimum Gasteiger partial charge on any atom is -0.289 e. The van der Waals surface area contributed by atoms with E-state index in [0.29, 0.717) is 0 Å². The van der Waals surface area contributed by atoms with Gasteiger partial charge in [0.2, 0.25) is 5.24 Å². The molecule has 54 valence electrons. The van der Waals surface area contributed by atoms with E-state index in [1.807, 2.05) is 0 Å². The summed E-state index contributed by atoms with van der Waals surface area (Å²) in [7, 11) is 0. The summed E-state index contributed by atoms with van der Waals surface area (Å²) < 4.78 is 10.4. The van der Waals surface area contributed by atoms with Gasteiger partial charge in [-0.2, -0.15) is 0 Å². The van der Waals surface area contributed by atoms with Crippen molar-refractivity contribution in [3.63, 3.8) is 0 Å². The molecule has 2 nitrogen and oxygen atoms in total. The molecule has 0 radical (unpaired) electrons. The first-order valence-electron chi connectivity index (χ1n) is 2.08. The third kappa shape index (κ3) is 8.77. The minimum absolute atomic E-state index is 0.0359. The molecule has 9 heavy (non-hydrogen) atoms. The Bertz CT molecular complexity index is 151. The predicted octanol–water partition coefficient (Wildman–Crippen LogP) is 2.81. The fraction of sp³-hybridized carbons (Fsp3) is 0.667. The third-order valence-corrected chi connectivity index (χ3v) is 2.52. The van der Waals surface area contributed by atoms with Crippen LogP contribution in [0.15, 0.2) is 0 Å². The maximum absolute atomic E-state index is 10.4. The van der Waals surface area contributed by atoms with E-state index in [1.54, 1.807) is 0 Å². The summed E-state index contributed by atoms with van der Waals surface area (Å²) in [4.78, 5) is 10.0. The molecule has 0 aliphatic heterocycles. The Morgan fingerprint density at radius 1 is 1.44 bits per heavy atom. The van der Waals surface area contributed by atoms with Crippen LogP contribution in [0.5, 0.6) is 0 Å². The molecule has 0 aliphatic carbocycles. The lowest BCUT2D eigenvalue weighted by Crippen LogP contribution is -1.87. The van der Waals surface area contributed by atoms with Gasteiger partial charge in [-0.15, -0.1) is 0 Å². The highest BCUT2D eigenvalue weighted by Gasteiger charge is 2.14. The van der Waals surface area contributed by atoms with Gasteiger partial charge in [-0.05, 0) is 34.1 Å². The normalized spacial score (nSPS) is 11.4. The van der Waals surface area contributed by atoms with Crippen molar-refractivity contribution < 1.29 is 9.36 Å². The Morgan fingerprint density at radius 2 is 1.89 bits per heavy atom. The van der Waals surface area contributed by atoms with Crippen LogP contribution < -0.4 is 0 Å². The van der Waals surface area contributed by atoms with E-state index in [4.69, 9.17) is 34.1 Å². The lowest BCUT2D eigenvalue weighted by Gasteiger charge is -1.95. The van der Waals surface area contributed by atoms with E-state index >= 15 is 0 Å². The van der Waals surface area contributed by atoms with Crippen molar-refractivity contribution in [3.8, 4) is 0 Å². The van der Waals surface area contributed by atoms with Gasteiger partial charge in [-0.1, -0.05) is 0 Å². The summed E-state index contributed by atoms with van der Waals surface area (Å²) in [6, 6.07) is 0. The van der Waals surface area contributed by atoms with E-state index in [9.17, 15) is 9.36 Å². The summed E-state index contributed by atoms with van der Waals surface area (Å²) in [5, 5.41) is -0.573. The number of rotatable bonds is 3. The van der Waals surface area contributed by atoms with Gasteiger partial charge in [0.15, 0.2) is 0 Å². The number of halogens is 3. The van der Waals surface area contributed by atoms with Crippen LogP contribution in [0.4, 0.5) is 0 Å². The zero-order valence-electron chi connectivity index (χ0n) is 4.31. The Kier molecular flexibility index (Phi) is 4.15. The molecule has 0 spiro atoms. The highest BCUT2D eigenvalue weighted by atomic mass is 35.9. The van der Waals surface area contributed by atoms with E-state index in [2.05, 4.69) is 0 Å². The van der Waals surface area contributed by atoms with Crippen molar-refractivity contribution in [1.82, 2.24) is 0 Å². The summed E-state index contributed by atoms with van der Waals surface area (Å²) in [6.45, 7) is 0. The molecular weight excluding hydrogens is 205 g/mol. The zero-order valence-corrected chi connectivity index (χ0v) is 7.47. The molecular formula is C3H4Cl3O2P. The molecule has 0 heterocycles. The Labute approximate surface area is 67.4 Å². The molecule has 0 unspecified atom stereocenters. The van der Waals surface area contributed by atoms with E-state index in [0.717, 1.165) is 0 Å². The highest BCUT2D eigenvalue weighted by molar-refractivity contribution is 8.08. The molecule has 0 N–H and O–H groups in total. The average Bonchev–Trinajstić information content (AvgIpc) is 1.59. The predicted molar refractivity (Wildman–Crippen MR) is 39.7 cm³/mol. The van der Waals surface area contributed by atoms with E-state index in [-0.39, 0.29) is 12.6 Å². The third-order valence-electron chi connectivity index (χ3n) is 0.569. The van der Waals surface area contributed by atoms with Crippen LogP contribution in [0, 0.1) is 0 Å². The molecule has 0 saturated heterocycles.